The predicted molar refractivity (Wildman–Crippen MR) is 69.1 cm³/mol. The minimum absolute atomic E-state index is 0.122. The maximum Gasteiger partial charge on any atom is 0.273 e. The first kappa shape index (κ1) is 12.5. The standard InChI is InChI=1S/C13H12ClF2N3O/c14-12-17-4-9-11(18-12)8(5-19(9)7-1-2-7)10-3-13(15,16)6-20-10/h4-5,7,10H,1-3,6H2. The van der Waals surface area contributed by atoms with Gasteiger partial charge in [-0.25, -0.2) is 18.7 Å². The van der Waals surface area contributed by atoms with Crippen LogP contribution >= 0.6 is 11.6 Å². The molecule has 4 nitrogen and oxygen atoms in total. The summed E-state index contributed by atoms with van der Waals surface area (Å²) in [4.78, 5) is 8.20. The second-order valence-corrected chi connectivity index (χ2v) is 5.79. The van der Waals surface area contributed by atoms with Crippen molar-refractivity contribution in [3.05, 3.63) is 23.2 Å². The lowest BCUT2D eigenvalue weighted by atomic mass is 10.1. The molecular formula is C13H12ClF2N3O. The topological polar surface area (TPSA) is 39.9 Å². The van der Waals surface area contributed by atoms with Crippen LogP contribution < -0.4 is 0 Å². The summed E-state index contributed by atoms with van der Waals surface area (Å²) in [7, 11) is 0. The fourth-order valence-electron chi connectivity index (χ4n) is 2.74. The first-order valence-electron chi connectivity index (χ1n) is 6.56. The number of hydrogen-bond donors (Lipinski definition) is 0. The van der Waals surface area contributed by atoms with Crippen molar-refractivity contribution in [3.8, 4) is 0 Å². The molecular weight excluding hydrogens is 288 g/mol. The summed E-state index contributed by atoms with van der Waals surface area (Å²) in [6.07, 6.45) is 4.77. The van der Waals surface area contributed by atoms with Gasteiger partial charge < -0.3 is 9.30 Å². The van der Waals surface area contributed by atoms with E-state index in [1.165, 1.54) is 0 Å². The van der Waals surface area contributed by atoms with Gasteiger partial charge in [0.2, 0.25) is 5.28 Å². The van der Waals surface area contributed by atoms with Crippen molar-refractivity contribution in [2.75, 3.05) is 6.61 Å². The van der Waals surface area contributed by atoms with Crippen molar-refractivity contribution in [3.63, 3.8) is 0 Å². The maximum atomic E-state index is 13.3. The maximum absolute atomic E-state index is 13.3. The second-order valence-electron chi connectivity index (χ2n) is 5.46. The van der Waals surface area contributed by atoms with Gasteiger partial charge in [-0.2, -0.15) is 0 Å². The van der Waals surface area contributed by atoms with Gasteiger partial charge in [-0.15, -0.1) is 0 Å². The molecule has 0 bridgehead atoms. The first-order valence-corrected chi connectivity index (χ1v) is 6.94. The average molecular weight is 300 g/mol. The lowest BCUT2D eigenvalue weighted by molar-refractivity contribution is -0.0101. The normalized spacial score (nSPS) is 25.4. The van der Waals surface area contributed by atoms with Crippen molar-refractivity contribution in [2.24, 2.45) is 0 Å². The summed E-state index contributed by atoms with van der Waals surface area (Å²) < 4.78 is 34.0. The molecule has 2 aromatic rings. The fraction of sp³-hybridized carbons (Fsp3) is 0.538. The van der Waals surface area contributed by atoms with Gasteiger partial charge in [0.25, 0.3) is 5.92 Å². The summed E-state index contributed by atoms with van der Waals surface area (Å²) in [6, 6.07) is 0.415. The Balaban J connectivity index is 1.84. The van der Waals surface area contributed by atoms with Crippen LogP contribution in [0.25, 0.3) is 11.0 Å². The largest absolute Gasteiger partial charge is 0.367 e. The molecule has 0 aromatic carbocycles. The summed E-state index contributed by atoms with van der Waals surface area (Å²) in [5.74, 6) is -2.77. The summed E-state index contributed by atoms with van der Waals surface area (Å²) >= 11 is 5.84. The highest BCUT2D eigenvalue weighted by Crippen LogP contribution is 2.44. The zero-order chi connectivity index (χ0) is 13.9. The van der Waals surface area contributed by atoms with E-state index in [0.717, 1.165) is 18.4 Å². The Morgan fingerprint density at radius 1 is 1.40 bits per heavy atom. The van der Waals surface area contributed by atoms with Crippen molar-refractivity contribution in [1.29, 1.82) is 0 Å². The van der Waals surface area contributed by atoms with E-state index in [1.54, 1.807) is 6.20 Å². The lowest BCUT2D eigenvalue weighted by Gasteiger charge is -2.07. The van der Waals surface area contributed by atoms with E-state index in [1.807, 2.05) is 6.20 Å². The Morgan fingerprint density at radius 3 is 2.85 bits per heavy atom. The number of hydrogen-bond acceptors (Lipinski definition) is 3. The minimum Gasteiger partial charge on any atom is -0.367 e. The Morgan fingerprint density at radius 2 is 2.20 bits per heavy atom. The van der Waals surface area contributed by atoms with E-state index >= 15 is 0 Å². The number of rotatable bonds is 2. The second kappa shape index (κ2) is 4.11. The lowest BCUT2D eigenvalue weighted by Crippen LogP contribution is -2.14. The van der Waals surface area contributed by atoms with E-state index in [9.17, 15) is 8.78 Å². The molecule has 3 heterocycles. The number of ether oxygens (including phenoxy) is 1. The van der Waals surface area contributed by atoms with Crippen LogP contribution in [0.3, 0.4) is 0 Å². The van der Waals surface area contributed by atoms with Crippen LogP contribution in [-0.2, 0) is 4.74 Å². The molecule has 106 valence electrons. The van der Waals surface area contributed by atoms with Gasteiger partial charge in [-0.3, -0.25) is 0 Å². The SMILES string of the molecule is FC1(F)COC(c2cn(C3CC3)c3cnc(Cl)nc23)C1. The number of fused-ring (bicyclic) bond motifs is 1. The van der Waals surface area contributed by atoms with Crippen LogP contribution in [0.15, 0.2) is 12.4 Å². The molecule has 7 heteroatoms. The third-order valence-electron chi connectivity index (χ3n) is 3.84. The zero-order valence-corrected chi connectivity index (χ0v) is 11.3. The Labute approximate surface area is 118 Å². The molecule has 4 rings (SSSR count). The smallest absolute Gasteiger partial charge is 0.273 e. The Bertz CT molecular complexity index is 684. The van der Waals surface area contributed by atoms with Crippen LogP contribution in [0.1, 0.15) is 37.0 Å². The van der Waals surface area contributed by atoms with E-state index < -0.39 is 18.6 Å². The molecule has 2 fully saturated rings. The van der Waals surface area contributed by atoms with Crippen molar-refractivity contribution >= 4 is 22.6 Å². The quantitative estimate of drug-likeness (QED) is 0.797. The highest BCUT2D eigenvalue weighted by atomic mass is 35.5. The van der Waals surface area contributed by atoms with Crippen molar-refractivity contribution in [2.45, 2.75) is 37.3 Å². The molecule has 20 heavy (non-hydrogen) atoms. The summed E-state index contributed by atoms with van der Waals surface area (Å²) in [5, 5.41) is 0.122. The minimum atomic E-state index is -2.77. The van der Waals surface area contributed by atoms with Gasteiger partial charge in [0, 0.05) is 24.2 Å². The average Bonchev–Trinajstić information content (AvgIpc) is 3.08. The zero-order valence-electron chi connectivity index (χ0n) is 10.5. The van der Waals surface area contributed by atoms with E-state index in [4.69, 9.17) is 16.3 Å². The van der Waals surface area contributed by atoms with Gasteiger partial charge in [-0.05, 0) is 24.4 Å². The van der Waals surface area contributed by atoms with Gasteiger partial charge in [0.05, 0.1) is 23.3 Å². The van der Waals surface area contributed by atoms with Gasteiger partial charge >= 0.3 is 0 Å². The molecule has 1 aliphatic carbocycles. The fourth-order valence-corrected chi connectivity index (χ4v) is 2.87. The first-order chi connectivity index (χ1) is 9.53. The van der Waals surface area contributed by atoms with Crippen LogP contribution in [0, 0.1) is 0 Å². The van der Waals surface area contributed by atoms with Gasteiger partial charge in [0.1, 0.15) is 6.61 Å². The molecule has 1 saturated heterocycles. The van der Waals surface area contributed by atoms with Crippen LogP contribution in [0.5, 0.6) is 0 Å². The highest BCUT2D eigenvalue weighted by Gasteiger charge is 2.43. The molecule has 1 atom stereocenters. The molecule has 1 unspecified atom stereocenters. The van der Waals surface area contributed by atoms with E-state index in [2.05, 4.69) is 14.5 Å². The highest BCUT2D eigenvalue weighted by molar-refractivity contribution is 6.28. The monoisotopic (exact) mass is 299 g/mol. The molecule has 2 aromatic heterocycles. The van der Waals surface area contributed by atoms with E-state index in [0.29, 0.717) is 17.1 Å². The predicted octanol–water partition coefficient (Wildman–Crippen LogP) is 3.52. The number of nitrogens with zero attached hydrogens (tertiary/aromatic N) is 3. The number of halogens is 3. The third kappa shape index (κ3) is 1.98. The van der Waals surface area contributed by atoms with Crippen LogP contribution in [0.2, 0.25) is 5.28 Å². The number of aromatic nitrogens is 3. The Kier molecular flexibility index (Phi) is 2.57. The van der Waals surface area contributed by atoms with Crippen molar-refractivity contribution < 1.29 is 13.5 Å². The molecule has 0 amide bonds. The summed E-state index contributed by atoms with van der Waals surface area (Å²) in [5.41, 5.74) is 2.15. The van der Waals surface area contributed by atoms with Gasteiger partial charge in [-0.1, -0.05) is 0 Å². The van der Waals surface area contributed by atoms with Crippen LogP contribution in [0.4, 0.5) is 8.78 Å². The van der Waals surface area contributed by atoms with Crippen molar-refractivity contribution in [1.82, 2.24) is 14.5 Å². The summed E-state index contributed by atoms with van der Waals surface area (Å²) in [6.45, 7) is -0.535. The van der Waals surface area contributed by atoms with Crippen LogP contribution in [-0.4, -0.2) is 27.1 Å². The molecule has 1 aliphatic heterocycles. The molecule has 2 aliphatic rings. The molecule has 0 radical (unpaired) electrons. The number of alkyl halides is 2. The third-order valence-corrected chi connectivity index (χ3v) is 4.02. The van der Waals surface area contributed by atoms with Gasteiger partial charge in [0.15, 0.2) is 0 Å². The Hall–Kier alpha value is -1.27. The molecule has 0 spiro atoms. The molecule has 0 N–H and O–H groups in total. The molecule has 1 saturated carbocycles. The van der Waals surface area contributed by atoms with E-state index in [-0.39, 0.29) is 11.7 Å².